The van der Waals surface area contributed by atoms with E-state index in [0.717, 1.165) is 0 Å². The Hall–Kier alpha value is 0.0169. The molecule has 9 heteroatoms. The lowest BCUT2D eigenvalue weighted by Crippen LogP contribution is -2.57. The highest BCUT2D eigenvalue weighted by Crippen LogP contribution is 2.47. The normalized spacial score (nSPS) is 17.3. The Balaban J connectivity index is 5.04. The van der Waals surface area contributed by atoms with Gasteiger partial charge in [-0.1, -0.05) is 6.55 Å². The molecule has 0 amide bonds. The Kier molecular flexibility index (Phi) is 3.31. The Morgan fingerprint density at radius 2 is 1.23 bits per heavy atom. The number of rotatable bonds is 2. The van der Waals surface area contributed by atoms with Crippen LogP contribution in [0.4, 0.5) is 30.7 Å². The SMILES string of the molecule is C[SiH](Cl)C(F)(F)C(F)(F)C(F)(F)F. The molecule has 1 atom stereocenters. The van der Waals surface area contributed by atoms with E-state index in [1.165, 1.54) is 0 Å². The molecule has 13 heavy (non-hydrogen) atoms. The summed E-state index contributed by atoms with van der Waals surface area (Å²) < 4.78 is 82.9. The van der Waals surface area contributed by atoms with E-state index in [1.54, 1.807) is 0 Å². The van der Waals surface area contributed by atoms with Crippen LogP contribution in [-0.2, 0) is 0 Å². The first-order valence-corrected chi connectivity index (χ1v) is 6.38. The molecule has 1 unspecified atom stereocenters. The lowest BCUT2D eigenvalue weighted by atomic mass is 10.3. The number of hydrogen-bond donors (Lipinski definition) is 0. The van der Waals surface area contributed by atoms with Crippen molar-refractivity contribution in [1.29, 1.82) is 0 Å². The van der Waals surface area contributed by atoms with Crippen LogP contribution < -0.4 is 0 Å². The largest absolute Gasteiger partial charge is 0.459 e. The first-order valence-electron chi connectivity index (χ1n) is 2.91. The molecule has 0 rings (SSSR count). The predicted molar refractivity (Wildman–Crippen MR) is 34.8 cm³/mol. The summed E-state index contributed by atoms with van der Waals surface area (Å²) in [4.78, 5) is 0. The summed E-state index contributed by atoms with van der Waals surface area (Å²) in [5, 5.41) is 0. The summed E-state index contributed by atoms with van der Waals surface area (Å²) >= 11 is 4.67. The Bertz CT molecular complexity index is 185. The molecule has 0 N–H and O–H groups in total. The van der Waals surface area contributed by atoms with Crippen LogP contribution in [0.2, 0.25) is 6.55 Å². The quantitative estimate of drug-likeness (QED) is 0.400. The molecule has 0 bridgehead atoms. The monoisotopic (exact) mass is 248 g/mol. The molecule has 0 aromatic carbocycles. The third kappa shape index (κ3) is 2.09. The van der Waals surface area contributed by atoms with Crippen molar-refractivity contribution in [1.82, 2.24) is 0 Å². The van der Waals surface area contributed by atoms with Gasteiger partial charge in [-0.15, -0.1) is 0 Å². The summed E-state index contributed by atoms with van der Waals surface area (Å²) in [6, 6.07) is 0. The van der Waals surface area contributed by atoms with Crippen molar-refractivity contribution in [2.24, 2.45) is 0 Å². The Morgan fingerprint density at radius 1 is 0.923 bits per heavy atom. The van der Waals surface area contributed by atoms with Crippen molar-refractivity contribution in [2.45, 2.75) is 24.2 Å². The summed E-state index contributed by atoms with van der Waals surface area (Å²) in [7, 11) is -3.94. The first-order chi connectivity index (χ1) is 5.44. The van der Waals surface area contributed by atoms with Crippen LogP contribution in [0.1, 0.15) is 0 Å². The molecule has 0 aliphatic carbocycles. The summed E-state index contributed by atoms with van der Waals surface area (Å²) in [6.07, 6.45) is -6.27. The second kappa shape index (κ2) is 3.30. The molecule has 0 aliphatic rings. The van der Waals surface area contributed by atoms with Gasteiger partial charge in [0.05, 0.1) is 0 Å². The molecule has 0 heterocycles. The molecule has 0 radical (unpaired) electrons. The van der Waals surface area contributed by atoms with Crippen molar-refractivity contribution in [3.63, 3.8) is 0 Å². The zero-order chi connectivity index (χ0) is 11.1. The molecule has 0 saturated heterocycles. The minimum atomic E-state index is -6.27. The minimum absolute atomic E-state index is 0.501. The Morgan fingerprint density at radius 3 is 1.31 bits per heavy atom. The fourth-order valence-corrected chi connectivity index (χ4v) is 1.51. The summed E-state index contributed by atoms with van der Waals surface area (Å²) in [5.41, 5.74) is -5.17. The van der Waals surface area contributed by atoms with E-state index >= 15 is 0 Å². The average Bonchev–Trinajstić information content (AvgIpc) is 1.84. The van der Waals surface area contributed by atoms with Gasteiger partial charge in [-0.2, -0.15) is 33.0 Å². The van der Waals surface area contributed by atoms with Crippen LogP contribution in [0.25, 0.3) is 0 Å². The van der Waals surface area contributed by atoms with Crippen molar-refractivity contribution < 1.29 is 30.7 Å². The van der Waals surface area contributed by atoms with Gasteiger partial charge >= 0.3 is 17.6 Å². The average molecular weight is 249 g/mol. The zero-order valence-electron chi connectivity index (χ0n) is 6.10. The minimum Gasteiger partial charge on any atom is -0.203 e. The summed E-state index contributed by atoms with van der Waals surface area (Å²) in [6.45, 7) is 0.501. The number of halogens is 8. The third-order valence-corrected chi connectivity index (χ3v) is 3.46. The van der Waals surface area contributed by atoms with E-state index in [4.69, 9.17) is 0 Å². The zero-order valence-corrected chi connectivity index (χ0v) is 8.01. The molecule has 0 aliphatic heterocycles. The summed E-state index contributed by atoms with van der Waals surface area (Å²) in [5.74, 6) is -6.05. The van der Waals surface area contributed by atoms with Crippen LogP contribution in [0.15, 0.2) is 0 Å². The maximum absolute atomic E-state index is 12.3. The van der Waals surface area contributed by atoms with Gasteiger partial charge in [0.25, 0.3) is 0 Å². The highest BCUT2D eigenvalue weighted by Gasteiger charge is 2.74. The van der Waals surface area contributed by atoms with Crippen molar-refractivity contribution in [3.8, 4) is 0 Å². The van der Waals surface area contributed by atoms with Crippen LogP contribution in [0, 0.1) is 0 Å². The predicted octanol–water partition coefficient (Wildman–Crippen LogP) is 2.95. The molecule has 0 aromatic heterocycles. The molecule has 0 aromatic rings. The maximum Gasteiger partial charge on any atom is 0.459 e. The van der Waals surface area contributed by atoms with Crippen LogP contribution in [0.3, 0.4) is 0 Å². The molecule has 0 saturated carbocycles. The van der Waals surface area contributed by atoms with Crippen molar-refractivity contribution in [2.75, 3.05) is 0 Å². The van der Waals surface area contributed by atoms with Gasteiger partial charge in [0.2, 0.25) is 8.11 Å². The van der Waals surface area contributed by atoms with Gasteiger partial charge in [-0.3, -0.25) is 0 Å². The molecular formula is C4H4ClF7Si. The van der Waals surface area contributed by atoms with E-state index in [2.05, 4.69) is 11.1 Å². The van der Waals surface area contributed by atoms with Crippen LogP contribution >= 0.6 is 11.1 Å². The van der Waals surface area contributed by atoms with E-state index in [-0.39, 0.29) is 0 Å². The molecular weight excluding hydrogens is 245 g/mol. The van der Waals surface area contributed by atoms with Crippen molar-refractivity contribution >= 4 is 19.2 Å². The molecule has 0 fully saturated rings. The molecule has 0 spiro atoms. The highest BCUT2D eigenvalue weighted by atomic mass is 35.6. The smallest absolute Gasteiger partial charge is 0.203 e. The standard InChI is InChI=1S/C4H4ClF7Si/c1-13(5)4(11,12)2(6,7)3(8,9)10/h13H,1H3. The highest BCUT2D eigenvalue weighted by molar-refractivity contribution is 7.07. The second-order valence-electron chi connectivity index (χ2n) is 2.31. The third-order valence-electron chi connectivity index (χ3n) is 1.27. The lowest BCUT2D eigenvalue weighted by molar-refractivity contribution is -0.333. The van der Waals surface area contributed by atoms with E-state index in [0.29, 0.717) is 6.55 Å². The van der Waals surface area contributed by atoms with Gasteiger partial charge in [0.1, 0.15) is 0 Å². The fraction of sp³-hybridized carbons (Fsp3) is 1.00. The molecule has 80 valence electrons. The van der Waals surface area contributed by atoms with Gasteiger partial charge in [0.15, 0.2) is 0 Å². The van der Waals surface area contributed by atoms with Gasteiger partial charge < -0.3 is 0 Å². The van der Waals surface area contributed by atoms with Crippen molar-refractivity contribution in [3.05, 3.63) is 0 Å². The Labute approximate surface area is 75.0 Å². The van der Waals surface area contributed by atoms with Gasteiger partial charge in [0, 0.05) is 0 Å². The van der Waals surface area contributed by atoms with Crippen LogP contribution in [-0.4, -0.2) is 25.8 Å². The van der Waals surface area contributed by atoms with E-state index in [9.17, 15) is 30.7 Å². The fourth-order valence-electron chi connectivity index (χ4n) is 0.439. The van der Waals surface area contributed by atoms with E-state index in [1.807, 2.05) is 0 Å². The van der Waals surface area contributed by atoms with Gasteiger partial charge in [-0.05, 0) is 0 Å². The maximum atomic E-state index is 12.3. The van der Waals surface area contributed by atoms with Crippen LogP contribution in [0.5, 0.6) is 0 Å². The van der Waals surface area contributed by atoms with E-state index < -0.39 is 25.8 Å². The second-order valence-corrected chi connectivity index (χ2v) is 6.23. The first kappa shape index (κ1) is 13.0. The molecule has 0 nitrogen and oxygen atoms in total. The van der Waals surface area contributed by atoms with Gasteiger partial charge in [-0.25, -0.2) is 8.78 Å². The lowest BCUT2D eigenvalue weighted by Gasteiger charge is -2.29. The topological polar surface area (TPSA) is 0 Å². The number of hydrogen-bond acceptors (Lipinski definition) is 0. The number of alkyl halides is 7.